The smallest absolute Gasteiger partial charge is 0.101 e. The Bertz CT molecular complexity index is 278. The van der Waals surface area contributed by atoms with Crippen molar-refractivity contribution in [2.24, 2.45) is 0 Å². The maximum absolute atomic E-state index is 2.39. The number of unbranched alkanes of at least 4 members (excludes halogenated alkanes) is 10. The van der Waals surface area contributed by atoms with Crippen LogP contribution in [0.1, 0.15) is 90.9 Å². The van der Waals surface area contributed by atoms with Crippen LogP contribution in [0.4, 0.5) is 0 Å². The summed E-state index contributed by atoms with van der Waals surface area (Å²) in [7, 11) is 0. The maximum Gasteiger partial charge on any atom is 0.101 e. The number of rotatable bonds is 14. The summed E-state index contributed by atoms with van der Waals surface area (Å²) < 4.78 is 1.12. The summed E-state index contributed by atoms with van der Waals surface area (Å²) in [5.74, 6) is 0. The van der Waals surface area contributed by atoms with E-state index in [-0.39, 0.29) is 0 Å². The molecule has 0 bridgehead atoms. The van der Waals surface area contributed by atoms with Gasteiger partial charge in [-0.15, -0.1) is 0 Å². The van der Waals surface area contributed by atoms with Gasteiger partial charge >= 0.3 is 0 Å². The van der Waals surface area contributed by atoms with Crippen molar-refractivity contribution < 1.29 is 4.48 Å². The van der Waals surface area contributed by atoms with Crippen LogP contribution < -0.4 is 0 Å². The lowest BCUT2D eigenvalue weighted by Crippen LogP contribution is -2.37. The molecule has 21 heavy (non-hydrogen) atoms. The van der Waals surface area contributed by atoms with Gasteiger partial charge in [-0.3, -0.25) is 4.48 Å². The number of nitrogens with zero attached hydrogens (tertiary/aromatic N) is 1. The SMILES string of the molecule is CCCCCCCCCCCC[N+]1(CCCC)C=CC=C1. The molecule has 0 saturated carbocycles. The molecule has 1 aliphatic rings. The van der Waals surface area contributed by atoms with Crippen LogP contribution in [0, 0.1) is 0 Å². The highest BCUT2D eigenvalue weighted by molar-refractivity contribution is 5.03. The molecule has 0 spiro atoms. The molecule has 0 aromatic heterocycles. The van der Waals surface area contributed by atoms with Gasteiger partial charge in [0.15, 0.2) is 0 Å². The van der Waals surface area contributed by atoms with Gasteiger partial charge in [0.1, 0.15) is 12.4 Å². The quantitative estimate of drug-likeness (QED) is 0.251. The average Bonchev–Trinajstić information content (AvgIpc) is 2.96. The van der Waals surface area contributed by atoms with Crippen molar-refractivity contribution in [3.05, 3.63) is 24.6 Å². The Morgan fingerprint density at radius 1 is 0.524 bits per heavy atom. The minimum Gasteiger partial charge on any atom is -0.271 e. The van der Waals surface area contributed by atoms with E-state index in [9.17, 15) is 0 Å². The Labute approximate surface area is 133 Å². The highest BCUT2D eigenvalue weighted by Gasteiger charge is 2.22. The molecule has 0 atom stereocenters. The van der Waals surface area contributed by atoms with Crippen LogP contribution in [0.3, 0.4) is 0 Å². The largest absolute Gasteiger partial charge is 0.271 e. The second-order valence-corrected chi connectivity index (χ2v) is 6.77. The van der Waals surface area contributed by atoms with E-state index in [1.165, 1.54) is 90.1 Å². The van der Waals surface area contributed by atoms with Crippen molar-refractivity contribution >= 4 is 0 Å². The molecule has 1 aliphatic heterocycles. The third-order valence-electron chi connectivity index (χ3n) is 4.73. The van der Waals surface area contributed by atoms with E-state index in [0.717, 1.165) is 4.48 Å². The first kappa shape index (κ1) is 18.5. The van der Waals surface area contributed by atoms with Crippen molar-refractivity contribution in [2.75, 3.05) is 13.1 Å². The maximum atomic E-state index is 2.39. The monoisotopic (exact) mass is 292 g/mol. The molecule has 0 aromatic rings. The topological polar surface area (TPSA) is 0 Å². The highest BCUT2D eigenvalue weighted by Crippen LogP contribution is 2.20. The molecule has 1 rings (SSSR count). The minimum atomic E-state index is 1.12. The van der Waals surface area contributed by atoms with Gasteiger partial charge in [-0.1, -0.05) is 71.6 Å². The molecule has 0 unspecified atom stereocenters. The van der Waals surface area contributed by atoms with Gasteiger partial charge in [0.25, 0.3) is 0 Å². The summed E-state index contributed by atoms with van der Waals surface area (Å²) in [6, 6.07) is 0. The molecule has 0 amide bonds. The van der Waals surface area contributed by atoms with Crippen LogP contribution in [0.2, 0.25) is 0 Å². The summed E-state index contributed by atoms with van der Waals surface area (Å²) in [5.41, 5.74) is 0. The average molecular weight is 293 g/mol. The summed E-state index contributed by atoms with van der Waals surface area (Å²) in [6.45, 7) is 7.19. The fourth-order valence-corrected chi connectivity index (χ4v) is 3.25. The molecule has 1 heteroatoms. The lowest BCUT2D eigenvalue weighted by molar-refractivity contribution is -0.826. The zero-order valence-electron chi connectivity index (χ0n) is 14.7. The molecule has 122 valence electrons. The van der Waals surface area contributed by atoms with Crippen molar-refractivity contribution in [3.63, 3.8) is 0 Å². The van der Waals surface area contributed by atoms with E-state index >= 15 is 0 Å². The van der Waals surface area contributed by atoms with Crippen LogP contribution >= 0.6 is 0 Å². The third kappa shape index (κ3) is 8.46. The molecule has 0 fully saturated rings. The van der Waals surface area contributed by atoms with Crippen LogP contribution in [-0.2, 0) is 0 Å². The van der Waals surface area contributed by atoms with E-state index in [4.69, 9.17) is 0 Å². The first-order chi connectivity index (χ1) is 10.3. The normalized spacial score (nSPS) is 15.9. The van der Waals surface area contributed by atoms with Crippen LogP contribution in [0.15, 0.2) is 24.6 Å². The Balaban J connectivity index is 1.97. The fraction of sp³-hybridized carbons (Fsp3) is 0.800. The van der Waals surface area contributed by atoms with Gasteiger partial charge in [-0.05, 0) is 31.4 Å². The molecular formula is C20H38N+. The Kier molecular flexibility index (Phi) is 10.6. The van der Waals surface area contributed by atoms with Crippen molar-refractivity contribution in [3.8, 4) is 0 Å². The zero-order valence-corrected chi connectivity index (χ0v) is 14.7. The Morgan fingerprint density at radius 2 is 0.952 bits per heavy atom. The lowest BCUT2D eigenvalue weighted by atomic mass is 10.1. The molecule has 0 saturated heterocycles. The predicted molar refractivity (Wildman–Crippen MR) is 95.0 cm³/mol. The van der Waals surface area contributed by atoms with Crippen molar-refractivity contribution in [1.82, 2.24) is 0 Å². The van der Waals surface area contributed by atoms with Crippen molar-refractivity contribution in [2.45, 2.75) is 90.9 Å². The van der Waals surface area contributed by atoms with Crippen LogP contribution in [0.25, 0.3) is 0 Å². The summed E-state index contributed by atoms with van der Waals surface area (Å²) >= 11 is 0. The zero-order chi connectivity index (χ0) is 15.2. The van der Waals surface area contributed by atoms with E-state index in [0.29, 0.717) is 0 Å². The lowest BCUT2D eigenvalue weighted by Gasteiger charge is -2.29. The molecule has 0 N–H and O–H groups in total. The van der Waals surface area contributed by atoms with E-state index < -0.39 is 0 Å². The molecule has 0 aliphatic carbocycles. The summed E-state index contributed by atoms with van der Waals surface area (Å²) in [4.78, 5) is 0. The Morgan fingerprint density at radius 3 is 1.48 bits per heavy atom. The molecule has 0 radical (unpaired) electrons. The second kappa shape index (κ2) is 12.0. The molecule has 1 heterocycles. The van der Waals surface area contributed by atoms with Gasteiger partial charge in [0, 0.05) is 0 Å². The summed E-state index contributed by atoms with van der Waals surface area (Å²) in [6.07, 6.45) is 26.2. The number of hydrogen-bond acceptors (Lipinski definition) is 0. The van der Waals surface area contributed by atoms with Gasteiger partial charge in [0.2, 0.25) is 0 Å². The highest BCUT2D eigenvalue weighted by atomic mass is 15.3. The summed E-state index contributed by atoms with van der Waals surface area (Å²) in [5, 5.41) is 0. The molecule has 1 nitrogen and oxygen atoms in total. The second-order valence-electron chi connectivity index (χ2n) is 6.77. The van der Waals surface area contributed by atoms with Crippen molar-refractivity contribution in [1.29, 1.82) is 0 Å². The third-order valence-corrected chi connectivity index (χ3v) is 4.73. The van der Waals surface area contributed by atoms with E-state index in [1.54, 1.807) is 0 Å². The van der Waals surface area contributed by atoms with Crippen LogP contribution in [-0.4, -0.2) is 17.6 Å². The first-order valence-corrected chi connectivity index (χ1v) is 9.56. The Hall–Kier alpha value is -0.560. The van der Waals surface area contributed by atoms with Gasteiger partial charge in [-0.25, -0.2) is 0 Å². The minimum absolute atomic E-state index is 1.12. The van der Waals surface area contributed by atoms with Gasteiger partial charge in [-0.2, -0.15) is 0 Å². The number of quaternary nitrogens is 1. The first-order valence-electron chi connectivity index (χ1n) is 9.56. The molecule has 0 aromatic carbocycles. The molecular weight excluding hydrogens is 254 g/mol. The van der Waals surface area contributed by atoms with Crippen LogP contribution in [0.5, 0.6) is 0 Å². The van der Waals surface area contributed by atoms with Gasteiger partial charge in [0.05, 0.1) is 13.1 Å². The van der Waals surface area contributed by atoms with Gasteiger partial charge < -0.3 is 0 Å². The number of allylic oxidation sites excluding steroid dienone is 2. The van der Waals surface area contributed by atoms with E-state index in [1.807, 2.05) is 0 Å². The number of hydrogen-bond donors (Lipinski definition) is 0. The van der Waals surface area contributed by atoms with E-state index in [2.05, 4.69) is 38.4 Å². The predicted octanol–water partition coefficient (Wildman–Crippen LogP) is 6.57. The fourth-order valence-electron chi connectivity index (χ4n) is 3.25. The standard InChI is InChI=1S/C20H38N/c1-3-5-7-8-9-10-11-12-13-14-18-21(17-6-4-2)19-15-16-20-21/h15-16,19-20H,3-14,17-18H2,1-2H3/q+1.